The SMILES string of the molecule is CN(Cc1ccc(N(C)C)cc1)C(=O)c1cc(-c2ccccc2)on1. The molecule has 1 amide bonds. The van der Waals surface area contributed by atoms with E-state index in [4.69, 9.17) is 4.52 Å². The zero-order chi connectivity index (χ0) is 17.8. The molecule has 0 unspecified atom stereocenters. The van der Waals surface area contributed by atoms with Gasteiger partial charge in [-0.15, -0.1) is 0 Å². The Bertz CT molecular complexity index is 839. The van der Waals surface area contributed by atoms with Crippen LogP contribution in [0.5, 0.6) is 0 Å². The third-order valence-corrected chi connectivity index (χ3v) is 4.01. The van der Waals surface area contributed by atoms with Crippen LogP contribution in [0.1, 0.15) is 16.1 Å². The van der Waals surface area contributed by atoms with Crippen LogP contribution >= 0.6 is 0 Å². The van der Waals surface area contributed by atoms with E-state index in [1.807, 2.05) is 73.6 Å². The van der Waals surface area contributed by atoms with Crippen molar-refractivity contribution in [1.82, 2.24) is 10.1 Å². The highest BCUT2D eigenvalue weighted by atomic mass is 16.5. The molecule has 0 radical (unpaired) electrons. The smallest absolute Gasteiger partial charge is 0.276 e. The van der Waals surface area contributed by atoms with Crippen LogP contribution in [0.25, 0.3) is 11.3 Å². The van der Waals surface area contributed by atoms with Crippen LogP contribution in [0.15, 0.2) is 65.2 Å². The fraction of sp³-hybridized carbons (Fsp3) is 0.200. The molecule has 0 fully saturated rings. The van der Waals surface area contributed by atoms with E-state index in [1.165, 1.54) is 0 Å². The number of amides is 1. The van der Waals surface area contributed by atoms with E-state index < -0.39 is 0 Å². The Balaban J connectivity index is 1.69. The molecule has 128 valence electrons. The van der Waals surface area contributed by atoms with Crippen LogP contribution in [-0.4, -0.2) is 37.1 Å². The van der Waals surface area contributed by atoms with Gasteiger partial charge in [0, 0.05) is 45.0 Å². The number of anilines is 1. The van der Waals surface area contributed by atoms with Crippen LogP contribution in [0.2, 0.25) is 0 Å². The average Bonchev–Trinajstić information content (AvgIpc) is 3.12. The Labute approximate surface area is 147 Å². The molecular formula is C20H21N3O2. The summed E-state index contributed by atoms with van der Waals surface area (Å²) in [6.45, 7) is 0.514. The third kappa shape index (κ3) is 3.88. The van der Waals surface area contributed by atoms with Crippen LogP contribution in [0.3, 0.4) is 0 Å². The zero-order valence-electron chi connectivity index (χ0n) is 14.6. The van der Waals surface area contributed by atoms with Gasteiger partial charge >= 0.3 is 0 Å². The van der Waals surface area contributed by atoms with E-state index in [0.29, 0.717) is 18.0 Å². The highest BCUT2D eigenvalue weighted by molar-refractivity contribution is 5.92. The molecule has 5 heteroatoms. The Morgan fingerprint density at radius 2 is 1.68 bits per heavy atom. The van der Waals surface area contributed by atoms with Crippen molar-refractivity contribution in [2.75, 3.05) is 26.0 Å². The predicted molar refractivity (Wildman–Crippen MR) is 98.5 cm³/mol. The summed E-state index contributed by atoms with van der Waals surface area (Å²) in [4.78, 5) is 16.2. The summed E-state index contributed by atoms with van der Waals surface area (Å²) in [5.41, 5.74) is 3.40. The first-order chi connectivity index (χ1) is 12.0. The summed E-state index contributed by atoms with van der Waals surface area (Å²) >= 11 is 0. The van der Waals surface area contributed by atoms with Crippen molar-refractivity contribution in [1.29, 1.82) is 0 Å². The van der Waals surface area contributed by atoms with Crippen LogP contribution in [-0.2, 0) is 6.54 Å². The largest absolute Gasteiger partial charge is 0.378 e. The van der Waals surface area contributed by atoms with Gasteiger partial charge in [-0.2, -0.15) is 0 Å². The van der Waals surface area contributed by atoms with E-state index in [-0.39, 0.29) is 5.91 Å². The molecule has 0 atom stereocenters. The third-order valence-electron chi connectivity index (χ3n) is 4.01. The molecule has 2 aromatic carbocycles. The number of aromatic nitrogens is 1. The summed E-state index contributed by atoms with van der Waals surface area (Å²) in [5, 5.41) is 3.92. The van der Waals surface area contributed by atoms with E-state index in [1.54, 1.807) is 18.0 Å². The van der Waals surface area contributed by atoms with E-state index in [2.05, 4.69) is 5.16 Å². The summed E-state index contributed by atoms with van der Waals surface area (Å²) in [7, 11) is 5.76. The van der Waals surface area contributed by atoms with Crippen LogP contribution in [0.4, 0.5) is 5.69 Å². The topological polar surface area (TPSA) is 49.6 Å². The number of benzene rings is 2. The first-order valence-corrected chi connectivity index (χ1v) is 8.08. The molecular weight excluding hydrogens is 314 g/mol. The van der Waals surface area contributed by atoms with Gasteiger partial charge in [0.25, 0.3) is 5.91 Å². The molecule has 0 N–H and O–H groups in total. The second kappa shape index (κ2) is 7.21. The molecule has 0 saturated heterocycles. The predicted octanol–water partition coefficient (Wildman–Crippen LogP) is 3.68. The van der Waals surface area contributed by atoms with Gasteiger partial charge in [0.1, 0.15) is 0 Å². The fourth-order valence-corrected chi connectivity index (χ4v) is 2.56. The van der Waals surface area contributed by atoms with Crippen molar-refractivity contribution in [3.8, 4) is 11.3 Å². The maximum Gasteiger partial charge on any atom is 0.276 e. The number of carbonyl (C=O) groups excluding carboxylic acids is 1. The van der Waals surface area contributed by atoms with Crippen molar-refractivity contribution < 1.29 is 9.32 Å². The van der Waals surface area contributed by atoms with Gasteiger partial charge in [-0.1, -0.05) is 47.6 Å². The summed E-state index contributed by atoms with van der Waals surface area (Å²) in [5.74, 6) is 0.426. The van der Waals surface area contributed by atoms with Gasteiger partial charge < -0.3 is 14.3 Å². The highest BCUT2D eigenvalue weighted by Crippen LogP contribution is 2.21. The van der Waals surface area contributed by atoms with Crippen LogP contribution < -0.4 is 4.90 Å². The van der Waals surface area contributed by atoms with Gasteiger partial charge in [-0.05, 0) is 17.7 Å². The Morgan fingerprint density at radius 1 is 1.00 bits per heavy atom. The molecule has 0 aliphatic rings. The van der Waals surface area contributed by atoms with Gasteiger partial charge in [-0.25, -0.2) is 0 Å². The van der Waals surface area contributed by atoms with Crippen molar-refractivity contribution in [3.05, 3.63) is 71.9 Å². The van der Waals surface area contributed by atoms with Gasteiger partial charge in [0.2, 0.25) is 0 Å². The van der Waals surface area contributed by atoms with Crippen molar-refractivity contribution in [2.45, 2.75) is 6.54 Å². The van der Waals surface area contributed by atoms with Crippen molar-refractivity contribution in [2.24, 2.45) is 0 Å². The van der Waals surface area contributed by atoms with Crippen molar-refractivity contribution in [3.63, 3.8) is 0 Å². The summed E-state index contributed by atoms with van der Waals surface area (Å²) < 4.78 is 5.31. The monoisotopic (exact) mass is 335 g/mol. The Hall–Kier alpha value is -3.08. The molecule has 1 aromatic heterocycles. The quantitative estimate of drug-likeness (QED) is 0.714. The molecule has 0 spiro atoms. The molecule has 25 heavy (non-hydrogen) atoms. The van der Waals surface area contributed by atoms with E-state index in [9.17, 15) is 4.79 Å². The maximum absolute atomic E-state index is 12.6. The van der Waals surface area contributed by atoms with Gasteiger partial charge in [-0.3, -0.25) is 4.79 Å². The lowest BCUT2D eigenvalue weighted by Gasteiger charge is -2.17. The van der Waals surface area contributed by atoms with E-state index >= 15 is 0 Å². The first kappa shape index (κ1) is 16.8. The second-order valence-corrected chi connectivity index (χ2v) is 6.16. The number of carbonyl (C=O) groups is 1. The second-order valence-electron chi connectivity index (χ2n) is 6.16. The number of rotatable bonds is 5. The normalized spacial score (nSPS) is 10.5. The lowest BCUT2D eigenvalue weighted by Crippen LogP contribution is -2.26. The highest BCUT2D eigenvalue weighted by Gasteiger charge is 2.17. The molecule has 3 rings (SSSR count). The summed E-state index contributed by atoms with van der Waals surface area (Å²) in [6, 6.07) is 19.4. The fourth-order valence-electron chi connectivity index (χ4n) is 2.56. The van der Waals surface area contributed by atoms with E-state index in [0.717, 1.165) is 16.8 Å². The first-order valence-electron chi connectivity index (χ1n) is 8.08. The number of hydrogen-bond acceptors (Lipinski definition) is 4. The minimum Gasteiger partial charge on any atom is -0.378 e. The minimum atomic E-state index is -0.164. The lowest BCUT2D eigenvalue weighted by molar-refractivity contribution is 0.0775. The van der Waals surface area contributed by atoms with Gasteiger partial charge in [0.05, 0.1) is 0 Å². The molecule has 0 aliphatic heterocycles. The maximum atomic E-state index is 12.6. The average molecular weight is 335 g/mol. The Morgan fingerprint density at radius 3 is 2.32 bits per heavy atom. The van der Waals surface area contributed by atoms with Gasteiger partial charge in [0.15, 0.2) is 11.5 Å². The van der Waals surface area contributed by atoms with Crippen molar-refractivity contribution >= 4 is 11.6 Å². The molecule has 0 aliphatic carbocycles. The number of nitrogens with zero attached hydrogens (tertiary/aromatic N) is 3. The summed E-state index contributed by atoms with van der Waals surface area (Å²) in [6.07, 6.45) is 0. The Kier molecular flexibility index (Phi) is 4.84. The molecule has 5 nitrogen and oxygen atoms in total. The number of hydrogen-bond donors (Lipinski definition) is 0. The van der Waals surface area contributed by atoms with Crippen LogP contribution in [0, 0.1) is 0 Å². The molecule has 0 bridgehead atoms. The minimum absolute atomic E-state index is 0.164. The molecule has 1 heterocycles. The standard InChI is InChI=1S/C20H21N3O2/c1-22(2)17-11-9-15(10-12-17)14-23(3)20(24)18-13-19(25-21-18)16-7-5-4-6-8-16/h4-13H,14H2,1-3H3. The molecule has 0 saturated carbocycles. The molecule has 3 aromatic rings. The lowest BCUT2D eigenvalue weighted by atomic mass is 10.1. The zero-order valence-corrected chi connectivity index (χ0v) is 14.6.